The van der Waals surface area contributed by atoms with Crippen molar-refractivity contribution in [3.63, 3.8) is 0 Å². The summed E-state index contributed by atoms with van der Waals surface area (Å²) in [5.74, 6) is -1.99. The average Bonchev–Trinajstić information content (AvgIpc) is 3.46. The van der Waals surface area contributed by atoms with Gasteiger partial charge in [-0.2, -0.15) is 0 Å². The largest absolute Gasteiger partial charge is 0.477 e. The maximum absolute atomic E-state index is 13.0. The van der Waals surface area contributed by atoms with Crippen molar-refractivity contribution >= 4 is 17.9 Å². The number of allylic oxidation sites excluding steroid dienone is 20. The first-order valence-electron chi connectivity index (χ1n) is 37.7. The molecule has 0 amide bonds. The number of likely N-dealkylation sites (N-methyl/N-ethyl adjacent to an activating group) is 1. The van der Waals surface area contributed by atoms with E-state index in [1.165, 1.54) is 193 Å². The van der Waals surface area contributed by atoms with Gasteiger partial charge < -0.3 is 28.5 Å². The summed E-state index contributed by atoms with van der Waals surface area (Å²) in [6, 6.07) is 0. The fourth-order valence-corrected chi connectivity index (χ4v) is 10.5. The standard InChI is InChI=1S/C82H141NO8/c1-6-8-10-12-14-16-18-20-22-24-26-28-30-32-34-35-36-37-38-39-40-41-42-43-44-45-47-49-51-53-55-57-59-61-63-65-67-69-71-73-80(85)91-78(77-90-82(81(86)87)88-75-74-83(3,4)5)76-89-79(84)72-70-68-66-64-62-60-58-56-54-52-50-48-46-33-31-29-27-25-23-21-19-17-15-13-11-9-7-2/h8-11,14-17,20-23,26-29,32,34,36-37,78,82H,6-7,12-13,18-19,24-25,30-31,33,35,38-77H2,1-5H3/p+1/b10-8-,11-9-,16-14-,17-15-,22-20-,23-21-,28-26-,29-27-,34-32-,37-36-. The van der Waals surface area contributed by atoms with Gasteiger partial charge in [-0.05, 0) is 103 Å². The molecule has 2 unspecified atom stereocenters. The number of hydrogen-bond donors (Lipinski definition) is 1. The van der Waals surface area contributed by atoms with Crippen molar-refractivity contribution in [1.29, 1.82) is 0 Å². The summed E-state index contributed by atoms with van der Waals surface area (Å²) in [4.78, 5) is 37.7. The maximum Gasteiger partial charge on any atom is 0.361 e. The Morgan fingerprint density at radius 1 is 0.330 bits per heavy atom. The molecule has 0 heterocycles. The second-order valence-corrected chi connectivity index (χ2v) is 26.2. The van der Waals surface area contributed by atoms with Gasteiger partial charge in [-0.15, -0.1) is 0 Å². The van der Waals surface area contributed by atoms with Crippen LogP contribution >= 0.6 is 0 Å². The van der Waals surface area contributed by atoms with Crippen molar-refractivity contribution in [2.24, 2.45) is 0 Å². The fraction of sp³-hybridized carbons (Fsp3) is 0.720. The van der Waals surface area contributed by atoms with Crippen molar-refractivity contribution in [2.45, 2.75) is 334 Å². The lowest BCUT2D eigenvalue weighted by Gasteiger charge is -2.25. The number of aliphatic carboxylic acids is 1. The number of hydrogen-bond acceptors (Lipinski definition) is 7. The topological polar surface area (TPSA) is 108 Å². The molecular formula is C82H142NO8+. The summed E-state index contributed by atoms with van der Waals surface area (Å²) >= 11 is 0. The number of nitrogens with zero attached hydrogens (tertiary/aromatic N) is 1. The molecule has 0 radical (unpaired) electrons. The van der Waals surface area contributed by atoms with Gasteiger partial charge in [0.1, 0.15) is 13.2 Å². The molecule has 0 aliphatic carbocycles. The third-order valence-electron chi connectivity index (χ3n) is 16.2. The molecule has 91 heavy (non-hydrogen) atoms. The molecule has 0 aliphatic heterocycles. The van der Waals surface area contributed by atoms with E-state index in [4.69, 9.17) is 18.9 Å². The minimum absolute atomic E-state index is 0.184. The maximum atomic E-state index is 13.0. The second-order valence-electron chi connectivity index (χ2n) is 26.2. The minimum atomic E-state index is -1.51. The molecule has 522 valence electrons. The minimum Gasteiger partial charge on any atom is -0.477 e. The summed E-state index contributed by atoms with van der Waals surface area (Å²) in [5.41, 5.74) is 0. The summed E-state index contributed by atoms with van der Waals surface area (Å²) in [5, 5.41) is 9.76. The SMILES string of the molecule is CC/C=C\C/C=C\C/C=C\C/C=C\C/C=C\C/C=C\CCCCCCCCCCCCCCCCCCCCCCC(=O)OC(COC(=O)CCCCCCCCCCCCCCCC/C=C\C/C=C\C/C=C\C/C=C\CC)COC(OCC[N+](C)(C)C)C(=O)O. The molecular weight excluding hydrogens is 1130 g/mol. The third-order valence-corrected chi connectivity index (χ3v) is 16.2. The molecule has 9 nitrogen and oxygen atoms in total. The fourth-order valence-electron chi connectivity index (χ4n) is 10.5. The smallest absolute Gasteiger partial charge is 0.361 e. The number of carboxylic acid groups (broad SMARTS) is 1. The number of esters is 2. The van der Waals surface area contributed by atoms with Gasteiger partial charge >= 0.3 is 17.9 Å². The molecule has 0 aliphatic rings. The summed E-state index contributed by atoms with van der Waals surface area (Å²) < 4.78 is 23.0. The van der Waals surface area contributed by atoms with Crippen LogP contribution < -0.4 is 0 Å². The van der Waals surface area contributed by atoms with Crippen LogP contribution in [0.3, 0.4) is 0 Å². The highest BCUT2D eigenvalue weighted by Crippen LogP contribution is 2.18. The lowest BCUT2D eigenvalue weighted by atomic mass is 10.0. The van der Waals surface area contributed by atoms with Crippen LogP contribution in [0.5, 0.6) is 0 Å². The molecule has 0 saturated heterocycles. The van der Waals surface area contributed by atoms with E-state index in [0.717, 1.165) is 103 Å². The molecule has 0 fully saturated rings. The number of ether oxygens (including phenoxy) is 4. The van der Waals surface area contributed by atoms with E-state index >= 15 is 0 Å². The van der Waals surface area contributed by atoms with E-state index in [2.05, 4.69) is 135 Å². The van der Waals surface area contributed by atoms with Crippen LogP contribution in [-0.2, 0) is 33.3 Å². The number of carbonyl (C=O) groups excluding carboxylic acids is 2. The Labute approximate surface area is 561 Å². The Morgan fingerprint density at radius 3 is 0.879 bits per heavy atom. The van der Waals surface area contributed by atoms with E-state index < -0.39 is 24.3 Å². The quantitative estimate of drug-likeness (QED) is 0.0211. The monoisotopic (exact) mass is 1270 g/mol. The van der Waals surface area contributed by atoms with E-state index in [-0.39, 0.29) is 32.2 Å². The molecule has 2 atom stereocenters. The van der Waals surface area contributed by atoms with Gasteiger partial charge in [0.2, 0.25) is 0 Å². The van der Waals surface area contributed by atoms with Gasteiger partial charge in [-0.25, -0.2) is 4.79 Å². The Morgan fingerprint density at radius 2 is 0.593 bits per heavy atom. The molecule has 0 rings (SSSR count). The van der Waals surface area contributed by atoms with Gasteiger partial charge in [-0.1, -0.05) is 328 Å². The molecule has 0 aromatic carbocycles. The highest BCUT2D eigenvalue weighted by molar-refractivity contribution is 5.71. The number of rotatable bonds is 69. The van der Waals surface area contributed by atoms with Gasteiger partial charge in [-0.3, -0.25) is 9.59 Å². The predicted octanol–water partition coefficient (Wildman–Crippen LogP) is 23.9. The van der Waals surface area contributed by atoms with Crippen molar-refractivity contribution in [2.75, 3.05) is 47.5 Å². The highest BCUT2D eigenvalue weighted by atomic mass is 16.7. The Balaban J connectivity index is 4.03. The number of quaternary nitrogens is 1. The van der Waals surface area contributed by atoms with Gasteiger partial charge in [0.05, 0.1) is 34.4 Å². The Kier molecular flexibility index (Phi) is 68.1. The van der Waals surface area contributed by atoms with E-state index in [0.29, 0.717) is 17.4 Å². The molecule has 0 aromatic rings. The zero-order chi connectivity index (χ0) is 66.1. The predicted molar refractivity (Wildman–Crippen MR) is 391 cm³/mol. The second kappa shape index (κ2) is 71.5. The van der Waals surface area contributed by atoms with Crippen molar-refractivity contribution < 1.29 is 42.9 Å². The van der Waals surface area contributed by atoms with E-state index in [9.17, 15) is 19.5 Å². The first-order chi connectivity index (χ1) is 44.6. The molecule has 0 saturated carbocycles. The zero-order valence-electron chi connectivity index (χ0n) is 59.7. The molecule has 0 aromatic heterocycles. The van der Waals surface area contributed by atoms with Crippen LogP contribution in [0.4, 0.5) is 0 Å². The molecule has 0 bridgehead atoms. The summed E-state index contributed by atoms with van der Waals surface area (Å²) in [6.07, 6.45) is 99.0. The third kappa shape index (κ3) is 73.0. The molecule has 1 N–H and O–H groups in total. The number of carbonyl (C=O) groups is 3. The van der Waals surface area contributed by atoms with Gasteiger partial charge in [0.15, 0.2) is 6.10 Å². The van der Waals surface area contributed by atoms with Crippen molar-refractivity contribution in [3.05, 3.63) is 122 Å². The number of carboxylic acids is 1. The molecule has 9 heteroatoms. The van der Waals surface area contributed by atoms with Crippen LogP contribution in [0.1, 0.15) is 322 Å². The lowest BCUT2D eigenvalue weighted by Crippen LogP contribution is -2.40. The van der Waals surface area contributed by atoms with E-state index in [1.54, 1.807) is 0 Å². The van der Waals surface area contributed by atoms with Crippen molar-refractivity contribution in [1.82, 2.24) is 0 Å². The van der Waals surface area contributed by atoms with Gasteiger partial charge in [0.25, 0.3) is 6.29 Å². The zero-order valence-corrected chi connectivity index (χ0v) is 59.7. The van der Waals surface area contributed by atoms with Crippen LogP contribution in [-0.4, -0.2) is 87.4 Å². The Bertz CT molecular complexity index is 1910. The van der Waals surface area contributed by atoms with Crippen molar-refractivity contribution in [3.8, 4) is 0 Å². The van der Waals surface area contributed by atoms with Crippen LogP contribution in [0, 0.1) is 0 Å². The summed E-state index contributed by atoms with van der Waals surface area (Å²) in [7, 11) is 5.98. The first-order valence-corrected chi connectivity index (χ1v) is 37.7. The first kappa shape index (κ1) is 86.7. The lowest BCUT2D eigenvalue weighted by molar-refractivity contribution is -0.870. The number of unbranched alkanes of at least 4 members (excludes halogenated alkanes) is 34. The average molecular weight is 1270 g/mol. The van der Waals surface area contributed by atoms with E-state index in [1.807, 2.05) is 21.1 Å². The Hall–Kier alpha value is -4.31. The van der Waals surface area contributed by atoms with Crippen LogP contribution in [0.25, 0.3) is 0 Å². The molecule has 0 spiro atoms. The van der Waals surface area contributed by atoms with Crippen LogP contribution in [0.2, 0.25) is 0 Å². The van der Waals surface area contributed by atoms with Crippen LogP contribution in [0.15, 0.2) is 122 Å². The normalized spacial score (nSPS) is 13.4. The highest BCUT2D eigenvalue weighted by Gasteiger charge is 2.25. The van der Waals surface area contributed by atoms with Gasteiger partial charge in [0, 0.05) is 12.8 Å². The summed E-state index contributed by atoms with van der Waals surface area (Å²) in [6.45, 7) is 4.68.